The first kappa shape index (κ1) is 14.3. The van der Waals surface area contributed by atoms with E-state index in [2.05, 4.69) is 19.6 Å². The van der Waals surface area contributed by atoms with Crippen LogP contribution in [0.5, 0.6) is 0 Å². The van der Waals surface area contributed by atoms with Gasteiger partial charge in [-0.3, -0.25) is 0 Å². The van der Waals surface area contributed by atoms with Crippen LogP contribution in [0.25, 0.3) is 0 Å². The Morgan fingerprint density at radius 1 is 0.952 bits per heavy atom. The molecule has 118 valence electrons. The molecule has 4 rings (SSSR count). The molecule has 0 aromatic heterocycles. The minimum absolute atomic E-state index is 0.664. The van der Waals surface area contributed by atoms with Crippen LogP contribution in [-0.2, 0) is 0 Å². The predicted octanol–water partition coefficient (Wildman–Crippen LogP) is 6.22. The summed E-state index contributed by atoms with van der Waals surface area (Å²) < 4.78 is 0. The molecule has 0 heteroatoms. The fourth-order valence-electron chi connectivity index (χ4n) is 7.54. The summed E-state index contributed by atoms with van der Waals surface area (Å²) in [5.74, 6) is 6.40. The summed E-state index contributed by atoms with van der Waals surface area (Å²) in [5, 5.41) is 0. The van der Waals surface area contributed by atoms with Crippen molar-refractivity contribution in [2.75, 3.05) is 0 Å². The highest BCUT2D eigenvalue weighted by Crippen LogP contribution is 2.64. The van der Waals surface area contributed by atoms with E-state index in [9.17, 15) is 0 Å². The van der Waals surface area contributed by atoms with Crippen LogP contribution in [-0.4, -0.2) is 0 Å². The summed E-state index contributed by atoms with van der Waals surface area (Å²) in [6.45, 7) is 6.74. The third-order valence-electron chi connectivity index (χ3n) is 8.47. The lowest BCUT2D eigenvalue weighted by molar-refractivity contribution is -0.0830. The van der Waals surface area contributed by atoms with Gasteiger partial charge in [0.2, 0.25) is 0 Å². The summed E-state index contributed by atoms with van der Waals surface area (Å²) in [4.78, 5) is 0. The van der Waals surface area contributed by atoms with Crippen LogP contribution in [0.2, 0.25) is 0 Å². The molecular weight excluding hydrogens is 252 g/mol. The monoisotopic (exact) mass is 286 g/mol. The second-order valence-electron chi connectivity index (χ2n) is 9.07. The van der Waals surface area contributed by atoms with Crippen molar-refractivity contribution in [3.63, 3.8) is 0 Å². The molecule has 0 aliphatic heterocycles. The van der Waals surface area contributed by atoms with E-state index in [1.165, 1.54) is 32.1 Å². The Balaban J connectivity index is 1.63. The first-order chi connectivity index (χ1) is 10.2. The van der Waals surface area contributed by atoms with Gasteiger partial charge in [0.15, 0.2) is 0 Å². The van der Waals surface area contributed by atoms with E-state index in [0.717, 1.165) is 35.5 Å². The first-order valence-corrected chi connectivity index (χ1v) is 9.85. The summed E-state index contributed by atoms with van der Waals surface area (Å²) in [6, 6.07) is 0. The molecule has 0 aromatic rings. The van der Waals surface area contributed by atoms with Gasteiger partial charge < -0.3 is 0 Å². The zero-order valence-electron chi connectivity index (χ0n) is 14.0. The predicted molar refractivity (Wildman–Crippen MR) is 90.0 cm³/mol. The van der Waals surface area contributed by atoms with E-state index < -0.39 is 0 Å². The number of hydrogen-bond acceptors (Lipinski definition) is 0. The molecule has 0 N–H and O–H groups in total. The summed E-state index contributed by atoms with van der Waals surface area (Å²) in [7, 11) is 0. The van der Waals surface area contributed by atoms with Crippen molar-refractivity contribution in [1.82, 2.24) is 0 Å². The minimum Gasteiger partial charge on any atom is -0.103 e. The molecular formula is C21H34. The molecule has 4 saturated carbocycles. The Kier molecular flexibility index (Phi) is 3.71. The van der Waals surface area contributed by atoms with Crippen molar-refractivity contribution in [3.05, 3.63) is 12.7 Å². The quantitative estimate of drug-likeness (QED) is 0.528. The van der Waals surface area contributed by atoms with Crippen LogP contribution in [0.3, 0.4) is 0 Å². The average molecular weight is 287 g/mol. The van der Waals surface area contributed by atoms with Gasteiger partial charge in [0.05, 0.1) is 0 Å². The van der Waals surface area contributed by atoms with Crippen molar-refractivity contribution in [1.29, 1.82) is 0 Å². The summed E-state index contributed by atoms with van der Waals surface area (Å²) in [5.41, 5.74) is 0.664. The van der Waals surface area contributed by atoms with Crippen LogP contribution in [0.4, 0.5) is 0 Å². The van der Waals surface area contributed by atoms with Crippen LogP contribution >= 0.6 is 0 Å². The van der Waals surface area contributed by atoms with Crippen molar-refractivity contribution >= 4 is 0 Å². The van der Waals surface area contributed by atoms with Crippen molar-refractivity contribution < 1.29 is 0 Å². The van der Waals surface area contributed by atoms with Gasteiger partial charge in [-0.15, -0.1) is 6.58 Å². The molecule has 0 aromatic carbocycles. The van der Waals surface area contributed by atoms with E-state index in [1.54, 1.807) is 38.5 Å². The Morgan fingerprint density at radius 3 is 2.67 bits per heavy atom. The molecule has 7 atom stereocenters. The Bertz CT molecular complexity index is 397. The number of rotatable bonds is 2. The Morgan fingerprint density at radius 2 is 1.81 bits per heavy atom. The fourth-order valence-corrected chi connectivity index (χ4v) is 7.54. The normalized spacial score (nSPS) is 52.6. The van der Waals surface area contributed by atoms with E-state index in [-0.39, 0.29) is 0 Å². The van der Waals surface area contributed by atoms with Gasteiger partial charge in [-0.25, -0.2) is 0 Å². The maximum Gasteiger partial charge on any atom is -0.0263 e. The van der Waals surface area contributed by atoms with Gasteiger partial charge >= 0.3 is 0 Å². The smallest absolute Gasteiger partial charge is 0.0263 e. The molecule has 4 aliphatic rings. The minimum atomic E-state index is 0.664. The van der Waals surface area contributed by atoms with Crippen molar-refractivity contribution in [2.45, 2.75) is 77.6 Å². The van der Waals surface area contributed by atoms with Crippen LogP contribution < -0.4 is 0 Å². The third kappa shape index (κ3) is 2.15. The molecule has 4 fully saturated rings. The maximum atomic E-state index is 4.09. The molecule has 2 unspecified atom stereocenters. The van der Waals surface area contributed by atoms with E-state index in [0.29, 0.717) is 5.41 Å². The standard InChI is InChI=1S/C21H34/c1-3-7-16-14-19-17-9-5-4-8-15(17)11-12-18(19)20-10-6-13-21(16,20)2/h3,15-20H,1,4-14H2,2H3/t15?,16?,17-,18+,19+,20-,21-/m0/s1. The zero-order valence-corrected chi connectivity index (χ0v) is 14.0. The lowest BCUT2D eigenvalue weighted by Gasteiger charge is -2.57. The average Bonchev–Trinajstić information content (AvgIpc) is 2.91. The largest absolute Gasteiger partial charge is 0.103 e. The summed E-state index contributed by atoms with van der Waals surface area (Å²) >= 11 is 0. The molecule has 4 aliphatic carbocycles. The molecule has 0 radical (unpaired) electrons. The number of fused-ring (bicyclic) bond motifs is 5. The highest BCUT2D eigenvalue weighted by molar-refractivity contribution is 5.06. The van der Waals surface area contributed by atoms with Gasteiger partial charge in [0.1, 0.15) is 0 Å². The van der Waals surface area contributed by atoms with Crippen LogP contribution in [0.1, 0.15) is 77.6 Å². The molecule has 0 nitrogen and oxygen atoms in total. The third-order valence-corrected chi connectivity index (χ3v) is 8.47. The molecule has 21 heavy (non-hydrogen) atoms. The second kappa shape index (κ2) is 5.43. The van der Waals surface area contributed by atoms with Crippen molar-refractivity contribution in [3.8, 4) is 0 Å². The van der Waals surface area contributed by atoms with Gasteiger partial charge in [0, 0.05) is 0 Å². The van der Waals surface area contributed by atoms with E-state index >= 15 is 0 Å². The molecule has 0 spiro atoms. The SMILES string of the molecule is C=CCC1C[C@H]2[C@@H](CCC3CCCC[C@@H]32)[C@@H]2CCC[C@@]12C. The molecule has 0 saturated heterocycles. The van der Waals surface area contributed by atoms with Gasteiger partial charge in [0.25, 0.3) is 0 Å². The van der Waals surface area contributed by atoms with E-state index in [4.69, 9.17) is 0 Å². The van der Waals surface area contributed by atoms with Gasteiger partial charge in [-0.2, -0.15) is 0 Å². The van der Waals surface area contributed by atoms with Crippen LogP contribution in [0, 0.1) is 40.9 Å². The van der Waals surface area contributed by atoms with E-state index in [1.807, 2.05) is 0 Å². The molecule has 0 amide bonds. The van der Waals surface area contributed by atoms with Crippen LogP contribution in [0.15, 0.2) is 12.7 Å². The molecule has 0 bridgehead atoms. The topological polar surface area (TPSA) is 0 Å². The lowest BCUT2D eigenvalue weighted by atomic mass is 9.47. The van der Waals surface area contributed by atoms with Crippen molar-refractivity contribution in [2.24, 2.45) is 40.9 Å². The Hall–Kier alpha value is -0.260. The highest BCUT2D eigenvalue weighted by Gasteiger charge is 2.56. The number of allylic oxidation sites excluding steroid dienone is 1. The first-order valence-electron chi connectivity index (χ1n) is 9.85. The molecule has 0 heterocycles. The lowest BCUT2D eigenvalue weighted by Crippen LogP contribution is -2.50. The summed E-state index contributed by atoms with van der Waals surface area (Å²) in [6.07, 6.45) is 18.9. The second-order valence-corrected chi connectivity index (χ2v) is 9.07. The number of hydrogen-bond donors (Lipinski definition) is 0. The van der Waals surface area contributed by atoms with Gasteiger partial charge in [-0.1, -0.05) is 38.7 Å². The Labute approximate surface area is 131 Å². The fraction of sp³-hybridized carbons (Fsp3) is 0.905. The zero-order chi connectivity index (χ0) is 14.4. The maximum absolute atomic E-state index is 4.09. The van der Waals surface area contributed by atoms with Gasteiger partial charge in [-0.05, 0) is 85.9 Å². The highest BCUT2D eigenvalue weighted by atomic mass is 14.6.